The van der Waals surface area contributed by atoms with Crippen LogP contribution in [0.4, 0.5) is 8.78 Å². The van der Waals surface area contributed by atoms with E-state index >= 15 is 0 Å². The molecule has 0 unspecified atom stereocenters. The van der Waals surface area contributed by atoms with Crippen molar-refractivity contribution in [1.29, 1.82) is 0 Å². The third-order valence-corrected chi connectivity index (χ3v) is 2.41. The van der Waals surface area contributed by atoms with Crippen molar-refractivity contribution >= 4 is 18.0 Å². The fraction of sp³-hybridized carbons (Fsp3) is 0.357. The zero-order chi connectivity index (χ0) is 17.4. The molecule has 23 heavy (non-hydrogen) atoms. The maximum absolute atomic E-state index is 12.3. The van der Waals surface area contributed by atoms with E-state index in [1.54, 1.807) is 13.8 Å². The molecular formula is C14H17F2N3O4. The van der Waals surface area contributed by atoms with Gasteiger partial charge in [-0.2, -0.15) is 13.9 Å². The Kier molecular flexibility index (Phi) is 6.91. The molecule has 1 aromatic rings. The van der Waals surface area contributed by atoms with Crippen LogP contribution in [0.3, 0.4) is 0 Å². The van der Waals surface area contributed by atoms with Gasteiger partial charge in [0.1, 0.15) is 0 Å². The second-order valence-electron chi connectivity index (χ2n) is 4.62. The predicted molar refractivity (Wildman–Crippen MR) is 78.6 cm³/mol. The number of hydrogen-bond donors (Lipinski definition) is 2. The van der Waals surface area contributed by atoms with Crippen molar-refractivity contribution in [2.75, 3.05) is 7.11 Å². The number of carbonyl (C=O) groups excluding carboxylic acids is 2. The van der Waals surface area contributed by atoms with Crippen molar-refractivity contribution in [2.24, 2.45) is 5.10 Å². The van der Waals surface area contributed by atoms with Crippen LogP contribution in [0.2, 0.25) is 0 Å². The average molecular weight is 329 g/mol. The highest BCUT2D eigenvalue weighted by Gasteiger charge is 2.13. The third-order valence-electron chi connectivity index (χ3n) is 2.41. The summed E-state index contributed by atoms with van der Waals surface area (Å²) in [6.07, 6.45) is 1.18. The minimum Gasteiger partial charge on any atom is -0.493 e. The van der Waals surface area contributed by atoms with Crippen LogP contribution >= 0.6 is 0 Å². The summed E-state index contributed by atoms with van der Waals surface area (Å²) in [4.78, 5) is 22.7. The molecular weight excluding hydrogens is 312 g/mol. The first-order valence-electron chi connectivity index (χ1n) is 6.60. The fourth-order valence-electron chi connectivity index (χ4n) is 1.51. The Bertz CT molecular complexity index is 591. The van der Waals surface area contributed by atoms with E-state index in [1.807, 2.05) is 5.43 Å². The molecule has 0 radical (unpaired) electrons. The minimum absolute atomic E-state index is 0.128. The standard InChI is InChI=1S/C14H17F2N3O4/c1-8(2)18-12(20)13(21)19-17-7-9-4-5-10(22-3)11(6-9)23-14(15)16/h4-8,14H,1-3H3,(H,18,20)(H,19,21)/b17-7-. The van der Waals surface area contributed by atoms with Crippen LogP contribution in [0.1, 0.15) is 19.4 Å². The summed E-state index contributed by atoms with van der Waals surface area (Å²) in [5.41, 5.74) is 2.39. The zero-order valence-corrected chi connectivity index (χ0v) is 12.8. The van der Waals surface area contributed by atoms with E-state index in [2.05, 4.69) is 15.2 Å². The molecule has 0 aliphatic heterocycles. The molecule has 126 valence electrons. The molecule has 1 aromatic carbocycles. The number of halogens is 2. The molecule has 0 heterocycles. The quantitative estimate of drug-likeness (QED) is 0.467. The molecule has 2 N–H and O–H groups in total. The van der Waals surface area contributed by atoms with Crippen LogP contribution in [-0.4, -0.2) is 37.8 Å². The zero-order valence-electron chi connectivity index (χ0n) is 12.8. The van der Waals surface area contributed by atoms with Crippen molar-refractivity contribution in [3.05, 3.63) is 23.8 Å². The van der Waals surface area contributed by atoms with Crippen molar-refractivity contribution in [3.63, 3.8) is 0 Å². The summed E-state index contributed by atoms with van der Waals surface area (Å²) in [5, 5.41) is 5.97. The predicted octanol–water partition coefficient (Wildman–Crippen LogP) is 1.27. The first-order chi connectivity index (χ1) is 10.8. The molecule has 1 rings (SSSR count). The van der Waals surface area contributed by atoms with Gasteiger partial charge in [-0.25, -0.2) is 5.43 Å². The maximum atomic E-state index is 12.3. The number of hydrazone groups is 1. The first kappa shape index (κ1) is 18.3. The molecule has 2 amide bonds. The lowest BCUT2D eigenvalue weighted by Gasteiger charge is -2.10. The number of amides is 2. The Morgan fingerprint density at radius 2 is 1.91 bits per heavy atom. The molecule has 7 nitrogen and oxygen atoms in total. The van der Waals surface area contributed by atoms with Gasteiger partial charge in [0.25, 0.3) is 0 Å². The topological polar surface area (TPSA) is 89.0 Å². The van der Waals surface area contributed by atoms with E-state index < -0.39 is 18.4 Å². The fourth-order valence-corrected chi connectivity index (χ4v) is 1.51. The van der Waals surface area contributed by atoms with Gasteiger partial charge in [-0.1, -0.05) is 0 Å². The van der Waals surface area contributed by atoms with Crippen molar-refractivity contribution in [2.45, 2.75) is 26.5 Å². The highest BCUT2D eigenvalue weighted by molar-refractivity contribution is 6.35. The molecule has 0 fully saturated rings. The number of carbonyl (C=O) groups is 2. The minimum atomic E-state index is -3.00. The Balaban J connectivity index is 2.73. The normalized spacial score (nSPS) is 10.9. The van der Waals surface area contributed by atoms with Gasteiger partial charge in [-0.05, 0) is 37.6 Å². The molecule has 0 bridgehead atoms. The lowest BCUT2D eigenvalue weighted by atomic mass is 10.2. The lowest BCUT2D eigenvalue weighted by Crippen LogP contribution is -2.41. The molecule has 0 spiro atoms. The Morgan fingerprint density at radius 3 is 2.48 bits per heavy atom. The number of rotatable bonds is 6. The number of hydrogen-bond acceptors (Lipinski definition) is 5. The van der Waals surface area contributed by atoms with Crippen LogP contribution < -0.4 is 20.2 Å². The van der Waals surface area contributed by atoms with Gasteiger partial charge in [0, 0.05) is 6.04 Å². The summed E-state index contributed by atoms with van der Waals surface area (Å²) < 4.78 is 33.8. The average Bonchev–Trinajstić information content (AvgIpc) is 2.46. The van der Waals surface area contributed by atoms with Crippen LogP contribution in [-0.2, 0) is 9.59 Å². The van der Waals surface area contributed by atoms with E-state index in [-0.39, 0.29) is 17.5 Å². The van der Waals surface area contributed by atoms with Gasteiger partial charge < -0.3 is 14.8 Å². The maximum Gasteiger partial charge on any atom is 0.387 e. The van der Waals surface area contributed by atoms with Crippen LogP contribution in [0, 0.1) is 0 Å². The lowest BCUT2D eigenvalue weighted by molar-refractivity contribution is -0.139. The molecule has 0 atom stereocenters. The number of ether oxygens (including phenoxy) is 2. The van der Waals surface area contributed by atoms with Crippen LogP contribution in [0.15, 0.2) is 23.3 Å². The third kappa shape index (κ3) is 6.29. The summed E-state index contributed by atoms with van der Waals surface area (Å²) >= 11 is 0. The van der Waals surface area contributed by atoms with Crippen LogP contribution in [0.25, 0.3) is 0 Å². The summed E-state index contributed by atoms with van der Waals surface area (Å²) in [6.45, 7) is 0.405. The van der Waals surface area contributed by atoms with Gasteiger partial charge in [-0.15, -0.1) is 0 Å². The Hall–Kier alpha value is -2.71. The van der Waals surface area contributed by atoms with Gasteiger partial charge in [0.15, 0.2) is 11.5 Å². The van der Waals surface area contributed by atoms with Gasteiger partial charge in [0.2, 0.25) is 0 Å². The number of alkyl halides is 2. The Morgan fingerprint density at radius 1 is 1.22 bits per heavy atom. The molecule has 9 heteroatoms. The molecule has 0 aliphatic carbocycles. The summed E-state index contributed by atoms with van der Waals surface area (Å²) in [6, 6.07) is 4.00. The number of nitrogens with zero attached hydrogens (tertiary/aromatic N) is 1. The second-order valence-corrected chi connectivity index (χ2v) is 4.62. The van der Waals surface area contributed by atoms with E-state index in [0.717, 1.165) is 0 Å². The van der Waals surface area contributed by atoms with E-state index in [9.17, 15) is 18.4 Å². The Labute approximate surface area is 131 Å². The highest BCUT2D eigenvalue weighted by atomic mass is 19.3. The van der Waals surface area contributed by atoms with E-state index in [0.29, 0.717) is 5.56 Å². The van der Waals surface area contributed by atoms with Crippen molar-refractivity contribution < 1.29 is 27.8 Å². The monoisotopic (exact) mass is 329 g/mol. The number of nitrogens with one attached hydrogen (secondary N) is 2. The largest absolute Gasteiger partial charge is 0.493 e. The number of benzene rings is 1. The van der Waals surface area contributed by atoms with Crippen LogP contribution in [0.5, 0.6) is 11.5 Å². The number of methoxy groups -OCH3 is 1. The van der Waals surface area contributed by atoms with Crippen molar-refractivity contribution in [1.82, 2.24) is 10.7 Å². The smallest absolute Gasteiger partial charge is 0.387 e. The molecule has 0 saturated carbocycles. The molecule has 0 aliphatic rings. The SMILES string of the molecule is COc1ccc(/C=N\NC(=O)C(=O)NC(C)C)cc1OC(F)F. The van der Waals surface area contributed by atoms with Gasteiger partial charge in [-0.3, -0.25) is 9.59 Å². The second kappa shape index (κ2) is 8.66. The summed E-state index contributed by atoms with van der Waals surface area (Å²) in [5.74, 6) is -1.81. The van der Waals surface area contributed by atoms with E-state index in [1.165, 1.54) is 31.5 Å². The van der Waals surface area contributed by atoms with Gasteiger partial charge >= 0.3 is 18.4 Å². The molecule has 0 aromatic heterocycles. The summed E-state index contributed by atoms with van der Waals surface area (Å²) in [7, 11) is 1.31. The van der Waals surface area contributed by atoms with Crippen molar-refractivity contribution in [3.8, 4) is 11.5 Å². The van der Waals surface area contributed by atoms with Gasteiger partial charge in [0.05, 0.1) is 13.3 Å². The molecule has 0 saturated heterocycles. The first-order valence-corrected chi connectivity index (χ1v) is 6.60. The highest BCUT2D eigenvalue weighted by Crippen LogP contribution is 2.28. The van der Waals surface area contributed by atoms with E-state index in [4.69, 9.17) is 4.74 Å².